The van der Waals surface area contributed by atoms with Gasteiger partial charge < -0.3 is 10.1 Å². The van der Waals surface area contributed by atoms with E-state index in [-0.39, 0.29) is 0 Å². The van der Waals surface area contributed by atoms with Crippen molar-refractivity contribution >= 4 is 15.9 Å². The van der Waals surface area contributed by atoms with Crippen LogP contribution in [0, 0.1) is 0 Å². The van der Waals surface area contributed by atoms with Gasteiger partial charge in [0.15, 0.2) is 0 Å². The standard InChI is InChI=1S/C16H25BrN2O/c1-12-10-19(11-13(2)20-12)8-7-16(18-3)14-5-4-6-15(17)9-14/h4-6,9,12-13,16,18H,7-8,10-11H2,1-3H3/t12-,13+,16?. The number of halogens is 1. The highest BCUT2D eigenvalue weighted by atomic mass is 79.9. The van der Waals surface area contributed by atoms with Crippen LogP contribution < -0.4 is 5.32 Å². The number of hydrogen-bond donors (Lipinski definition) is 1. The zero-order chi connectivity index (χ0) is 14.5. The molecular formula is C16H25BrN2O. The van der Waals surface area contributed by atoms with E-state index in [0.29, 0.717) is 18.2 Å². The second-order valence-corrected chi connectivity index (χ2v) is 6.62. The van der Waals surface area contributed by atoms with Gasteiger partial charge in [-0.2, -0.15) is 0 Å². The van der Waals surface area contributed by atoms with Crippen LogP contribution >= 0.6 is 15.9 Å². The Morgan fingerprint density at radius 3 is 2.65 bits per heavy atom. The molecule has 1 fully saturated rings. The largest absolute Gasteiger partial charge is 0.373 e. The fourth-order valence-corrected chi connectivity index (χ4v) is 3.40. The summed E-state index contributed by atoms with van der Waals surface area (Å²) in [6.45, 7) is 7.51. The molecule has 0 radical (unpaired) electrons. The van der Waals surface area contributed by atoms with Crippen molar-refractivity contribution in [2.45, 2.75) is 38.5 Å². The van der Waals surface area contributed by atoms with Gasteiger partial charge in [0.1, 0.15) is 0 Å². The molecule has 0 saturated carbocycles. The van der Waals surface area contributed by atoms with Gasteiger partial charge in [-0.1, -0.05) is 28.1 Å². The maximum Gasteiger partial charge on any atom is 0.0678 e. The van der Waals surface area contributed by atoms with E-state index in [9.17, 15) is 0 Å². The highest BCUT2D eigenvalue weighted by Crippen LogP contribution is 2.21. The lowest BCUT2D eigenvalue weighted by molar-refractivity contribution is -0.0685. The summed E-state index contributed by atoms with van der Waals surface area (Å²) in [4.78, 5) is 2.52. The molecule has 20 heavy (non-hydrogen) atoms. The van der Waals surface area contributed by atoms with Crippen LogP contribution in [-0.4, -0.2) is 43.8 Å². The van der Waals surface area contributed by atoms with Crippen LogP contribution in [-0.2, 0) is 4.74 Å². The molecule has 3 atom stereocenters. The van der Waals surface area contributed by atoms with Crippen LogP contribution in [0.2, 0.25) is 0 Å². The number of morpholine rings is 1. The minimum Gasteiger partial charge on any atom is -0.373 e. The molecule has 1 aromatic rings. The first-order valence-corrected chi connectivity index (χ1v) is 8.18. The molecule has 112 valence electrons. The summed E-state index contributed by atoms with van der Waals surface area (Å²) in [5.74, 6) is 0. The maximum atomic E-state index is 5.79. The molecule has 1 unspecified atom stereocenters. The van der Waals surface area contributed by atoms with Crippen LogP contribution in [0.15, 0.2) is 28.7 Å². The number of rotatable bonds is 5. The highest BCUT2D eigenvalue weighted by molar-refractivity contribution is 9.10. The molecule has 4 heteroatoms. The van der Waals surface area contributed by atoms with E-state index in [4.69, 9.17) is 4.74 Å². The number of ether oxygens (including phenoxy) is 1. The molecule has 0 aromatic heterocycles. The van der Waals surface area contributed by atoms with Crippen molar-refractivity contribution in [3.05, 3.63) is 34.3 Å². The lowest BCUT2D eigenvalue weighted by Gasteiger charge is -2.36. The molecule has 0 spiro atoms. The van der Waals surface area contributed by atoms with E-state index in [1.54, 1.807) is 0 Å². The number of nitrogens with one attached hydrogen (secondary N) is 1. The minimum atomic E-state index is 0.345. The van der Waals surface area contributed by atoms with Gasteiger partial charge in [-0.25, -0.2) is 0 Å². The first kappa shape index (κ1) is 16.0. The Kier molecular flexibility index (Phi) is 6.02. The van der Waals surface area contributed by atoms with Crippen LogP contribution in [0.5, 0.6) is 0 Å². The van der Waals surface area contributed by atoms with Crippen molar-refractivity contribution in [2.75, 3.05) is 26.7 Å². The molecule has 1 N–H and O–H groups in total. The molecule has 1 aromatic carbocycles. The molecule has 1 aliphatic heterocycles. The first-order valence-electron chi connectivity index (χ1n) is 7.39. The van der Waals surface area contributed by atoms with Gasteiger partial charge >= 0.3 is 0 Å². The van der Waals surface area contributed by atoms with Crippen LogP contribution in [0.25, 0.3) is 0 Å². The Labute approximate surface area is 130 Å². The van der Waals surface area contributed by atoms with Gasteiger partial charge in [0.05, 0.1) is 12.2 Å². The lowest BCUT2D eigenvalue weighted by Crippen LogP contribution is -2.46. The number of benzene rings is 1. The molecule has 1 aliphatic rings. The Morgan fingerprint density at radius 1 is 1.35 bits per heavy atom. The van der Waals surface area contributed by atoms with Gasteiger partial charge in [-0.3, -0.25) is 4.90 Å². The molecule has 0 bridgehead atoms. The summed E-state index contributed by atoms with van der Waals surface area (Å²) in [6.07, 6.45) is 1.81. The third kappa shape index (κ3) is 4.55. The Balaban J connectivity index is 1.90. The predicted octanol–water partition coefficient (Wildman–Crippen LogP) is 3.21. The second-order valence-electron chi connectivity index (χ2n) is 5.70. The van der Waals surface area contributed by atoms with Crippen molar-refractivity contribution in [1.29, 1.82) is 0 Å². The Morgan fingerprint density at radius 2 is 2.05 bits per heavy atom. The van der Waals surface area contributed by atoms with Crippen molar-refractivity contribution in [2.24, 2.45) is 0 Å². The van der Waals surface area contributed by atoms with Crippen LogP contribution in [0.1, 0.15) is 31.9 Å². The fraction of sp³-hybridized carbons (Fsp3) is 0.625. The number of hydrogen-bond acceptors (Lipinski definition) is 3. The van der Waals surface area contributed by atoms with Crippen LogP contribution in [0.4, 0.5) is 0 Å². The third-order valence-corrected chi connectivity index (χ3v) is 4.32. The summed E-state index contributed by atoms with van der Waals surface area (Å²) in [5.41, 5.74) is 1.34. The quantitative estimate of drug-likeness (QED) is 0.890. The van der Waals surface area contributed by atoms with E-state index < -0.39 is 0 Å². The van der Waals surface area contributed by atoms with E-state index in [2.05, 4.69) is 64.3 Å². The van der Waals surface area contributed by atoms with E-state index in [0.717, 1.165) is 30.5 Å². The van der Waals surface area contributed by atoms with Gasteiger partial charge in [-0.05, 0) is 45.0 Å². The van der Waals surface area contributed by atoms with Gasteiger partial charge in [0.25, 0.3) is 0 Å². The molecule has 0 amide bonds. The van der Waals surface area contributed by atoms with E-state index in [1.807, 2.05) is 7.05 Å². The SMILES string of the molecule is CNC(CCN1C[C@@H](C)O[C@@H](C)C1)c1cccc(Br)c1. The van der Waals surface area contributed by atoms with Gasteiger partial charge in [-0.15, -0.1) is 0 Å². The summed E-state index contributed by atoms with van der Waals surface area (Å²) < 4.78 is 6.93. The summed E-state index contributed by atoms with van der Waals surface area (Å²) >= 11 is 3.55. The molecule has 0 aliphatic carbocycles. The maximum absolute atomic E-state index is 5.79. The Bertz CT molecular complexity index is 417. The fourth-order valence-electron chi connectivity index (χ4n) is 2.98. The smallest absolute Gasteiger partial charge is 0.0678 e. The molecule has 1 heterocycles. The normalized spacial score (nSPS) is 25.6. The zero-order valence-corrected chi connectivity index (χ0v) is 14.2. The van der Waals surface area contributed by atoms with Crippen molar-refractivity contribution in [3.63, 3.8) is 0 Å². The van der Waals surface area contributed by atoms with E-state index in [1.165, 1.54) is 5.56 Å². The molecular weight excluding hydrogens is 316 g/mol. The predicted molar refractivity (Wildman–Crippen MR) is 87.0 cm³/mol. The van der Waals surface area contributed by atoms with Crippen LogP contribution in [0.3, 0.4) is 0 Å². The Hall–Kier alpha value is -0.420. The minimum absolute atomic E-state index is 0.345. The highest BCUT2D eigenvalue weighted by Gasteiger charge is 2.22. The topological polar surface area (TPSA) is 24.5 Å². The first-order chi connectivity index (χ1) is 9.58. The van der Waals surface area contributed by atoms with Gasteiger partial charge in [0.2, 0.25) is 0 Å². The molecule has 2 rings (SSSR count). The third-order valence-electron chi connectivity index (χ3n) is 3.83. The summed E-state index contributed by atoms with van der Waals surface area (Å²) in [7, 11) is 2.04. The monoisotopic (exact) mass is 340 g/mol. The van der Waals surface area contributed by atoms with Crippen molar-refractivity contribution < 1.29 is 4.74 Å². The van der Waals surface area contributed by atoms with E-state index >= 15 is 0 Å². The average molecular weight is 341 g/mol. The number of nitrogens with zero attached hydrogens (tertiary/aromatic N) is 1. The van der Waals surface area contributed by atoms with Gasteiger partial charge in [0, 0.05) is 30.1 Å². The average Bonchev–Trinajstić information content (AvgIpc) is 2.38. The van der Waals surface area contributed by atoms with Crippen molar-refractivity contribution in [1.82, 2.24) is 10.2 Å². The summed E-state index contributed by atoms with van der Waals surface area (Å²) in [6, 6.07) is 8.97. The lowest BCUT2D eigenvalue weighted by atomic mass is 10.0. The van der Waals surface area contributed by atoms with Crippen molar-refractivity contribution in [3.8, 4) is 0 Å². The molecule has 1 saturated heterocycles. The second kappa shape index (κ2) is 7.55. The zero-order valence-electron chi connectivity index (χ0n) is 12.6. The molecule has 3 nitrogen and oxygen atoms in total. The summed E-state index contributed by atoms with van der Waals surface area (Å²) in [5, 5.41) is 3.43.